The fourth-order valence-electron chi connectivity index (χ4n) is 3.38. The number of aromatic carboxylic acids is 1. The fraction of sp³-hybridized carbons (Fsp3) is 0.769. The number of aliphatic hydroxyl groups is 1. The lowest BCUT2D eigenvalue weighted by Gasteiger charge is -2.26. The van der Waals surface area contributed by atoms with Crippen LogP contribution in [0.2, 0.25) is 0 Å². The van der Waals surface area contributed by atoms with Crippen molar-refractivity contribution < 1.29 is 15.0 Å². The topological polar surface area (TPSA) is 100 Å². The van der Waals surface area contributed by atoms with Gasteiger partial charge in [-0.3, -0.25) is 0 Å². The van der Waals surface area contributed by atoms with Crippen LogP contribution >= 0.6 is 0 Å². The highest BCUT2D eigenvalue weighted by atomic mass is 16.4. The number of piperidine rings is 1. The van der Waals surface area contributed by atoms with Crippen LogP contribution < -0.4 is 5.32 Å². The van der Waals surface area contributed by atoms with E-state index >= 15 is 0 Å². The van der Waals surface area contributed by atoms with Crippen molar-refractivity contribution in [1.29, 1.82) is 0 Å². The first-order chi connectivity index (χ1) is 9.68. The quantitative estimate of drug-likeness (QED) is 0.746. The van der Waals surface area contributed by atoms with Crippen molar-refractivity contribution in [1.82, 2.24) is 20.3 Å². The summed E-state index contributed by atoms with van der Waals surface area (Å²) < 4.78 is 1.69. The van der Waals surface area contributed by atoms with Crippen molar-refractivity contribution in [2.24, 2.45) is 0 Å². The Morgan fingerprint density at radius 3 is 2.60 bits per heavy atom. The molecular formula is C13H20N4O3. The Kier molecular flexibility index (Phi) is 3.71. The van der Waals surface area contributed by atoms with Crippen molar-refractivity contribution in [3.8, 4) is 0 Å². The first-order valence-corrected chi connectivity index (χ1v) is 7.25. The molecule has 2 aliphatic rings. The smallest absolute Gasteiger partial charge is 0.358 e. The van der Waals surface area contributed by atoms with Gasteiger partial charge in [0.05, 0.1) is 17.8 Å². The molecule has 3 N–H and O–H groups in total. The fourth-order valence-corrected chi connectivity index (χ4v) is 3.38. The van der Waals surface area contributed by atoms with E-state index in [1.165, 1.54) is 0 Å². The second-order valence-corrected chi connectivity index (χ2v) is 5.66. The van der Waals surface area contributed by atoms with Gasteiger partial charge in [0.25, 0.3) is 0 Å². The van der Waals surface area contributed by atoms with Crippen LogP contribution in [0.4, 0.5) is 0 Å². The van der Waals surface area contributed by atoms with Crippen LogP contribution in [-0.4, -0.2) is 50.4 Å². The molecular weight excluding hydrogens is 260 g/mol. The molecule has 1 aliphatic carbocycles. The number of hydrogen-bond donors (Lipinski definition) is 3. The summed E-state index contributed by atoms with van der Waals surface area (Å²) in [6.07, 6.45) is 3.85. The van der Waals surface area contributed by atoms with Crippen LogP contribution in [0.3, 0.4) is 0 Å². The molecule has 1 saturated heterocycles. The van der Waals surface area contributed by atoms with Gasteiger partial charge >= 0.3 is 5.97 Å². The molecule has 2 heterocycles. The third-order valence-corrected chi connectivity index (χ3v) is 4.42. The normalized spacial score (nSPS) is 27.9. The molecule has 2 atom stereocenters. The van der Waals surface area contributed by atoms with Crippen molar-refractivity contribution in [2.75, 3.05) is 13.1 Å². The van der Waals surface area contributed by atoms with Crippen molar-refractivity contribution in [3.63, 3.8) is 0 Å². The number of nitrogens with one attached hydrogen (secondary N) is 1. The van der Waals surface area contributed by atoms with Gasteiger partial charge in [-0.1, -0.05) is 5.21 Å². The first-order valence-electron chi connectivity index (χ1n) is 7.25. The van der Waals surface area contributed by atoms with Crippen LogP contribution in [0.5, 0.6) is 0 Å². The number of carboxylic acids is 1. The Bertz CT molecular complexity index is 496. The van der Waals surface area contributed by atoms with E-state index in [-0.39, 0.29) is 17.7 Å². The lowest BCUT2D eigenvalue weighted by Crippen LogP contribution is -2.30. The van der Waals surface area contributed by atoms with Gasteiger partial charge in [-0.2, -0.15) is 0 Å². The van der Waals surface area contributed by atoms with Gasteiger partial charge in [-0.15, -0.1) is 5.10 Å². The summed E-state index contributed by atoms with van der Waals surface area (Å²) in [6.45, 7) is 1.75. The average Bonchev–Trinajstić information content (AvgIpc) is 3.05. The maximum atomic E-state index is 11.4. The maximum absolute atomic E-state index is 11.4. The second kappa shape index (κ2) is 5.49. The summed E-state index contributed by atoms with van der Waals surface area (Å²) in [5.74, 6) is -0.873. The number of hydrogen-bond acceptors (Lipinski definition) is 5. The number of carbonyl (C=O) groups is 1. The highest BCUT2D eigenvalue weighted by molar-refractivity contribution is 5.86. The van der Waals surface area contributed by atoms with E-state index in [9.17, 15) is 15.0 Å². The summed E-state index contributed by atoms with van der Waals surface area (Å²) in [5.41, 5.74) is 0.751. The Labute approximate surface area is 117 Å². The van der Waals surface area contributed by atoms with E-state index in [0.29, 0.717) is 5.69 Å². The number of rotatable bonds is 3. The number of carboxylic acid groups (broad SMARTS) is 1. The molecule has 0 bridgehead atoms. The van der Waals surface area contributed by atoms with Gasteiger partial charge in [-0.25, -0.2) is 9.48 Å². The highest BCUT2D eigenvalue weighted by Crippen LogP contribution is 2.35. The lowest BCUT2D eigenvalue weighted by molar-refractivity contribution is 0.0687. The average molecular weight is 280 g/mol. The van der Waals surface area contributed by atoms with Gasteiger partial charge in [0.2, 0.25) is 0 Å². The Morgan fingerprint density at radius 1 is 1.25 bits per heavy atom. The first kappa shape index (κ1) is 13.5. The van der Waals surface area contributed by atoms with Gasteiger partial charge in [0.15, 0.2) is 5.69 Å². The van der Waals surface area contributed by atoms with E-state index in [0.717, 1.165) is 45.2 Å². The zero-order valence-corrected chi connectivity index (χ0v) is 11.3. The van der Waals surface area contributed by atoms with Crippen molar-refractivity contribution >= 4 is 5.97 Å². The van der Waals surface area contributed by atoms with Gasteiger partial charge in [0.1, 0.15) is 0 Å². The Balaban J connectivity index is 1.98. The standard InChI is InChI=1S/C13H20N4O3/c18-10-3-1-2-9(10)17-12(8-4-6-14-7-5-8)11(13(19)20)15-16-17/h8-10,14,18H,1-7H2,(H,19,20). The molecule has 2 unspecified atom stereocenters. The molecule has 1 aromatic rings. The summed E-state index contributed by atoms with van der Waals surface area (Å²) in [5, 5.41) is 30.6. The van der Waals surface area contributed by atoms with Gasteiger partial charge in [0, 0.05) is 5.92 Å². The third kappa shape index (κ3) is 2.31. The molecule has 2 fully saturated rings. The van der Waals surface area contributed by atoms with Crippen LogP contribution in [-0.2, 0) is 0 Å². The number of nitrogens with zero attached hydrogens (tertiary/aromatic N) is 3. The molecule has 0 amide bonds. The molecule has 0 aromatic carbocycles. The van der Waals surface area contributed by atoms with E-state index < -0.39 is 12.1 Å². The highest BCUT2D eigenvalue weighted by Gasteiger charge is 2.35. The summed E-state index contributed by atoms with van der Waals surface area (Å²) in [6, 6.07) is -0.125. The van der Waals surface area contributed by atoms with Crippen LogP contribution in [0, 0.1) is 0 Å². The third-order valence-electron chi connectivity index (χ3n) is 4.42. The molecule has 0 radical (unpaired) electrons. The zero-order valence-electron chi connectivity index (χ0n) is 11.3. The second-order valence-electron chi connectivity index (χ2n) is 5.66. The molecule has 1 saturated carbocycles. The Hall–Kier alpha value is -1.47. The lowest BCUT2D eigenvalue weighted by atomic mass is 9.92. The number of aliphatic hydroxyl groups excluding tert-OH is 1. The van der Waals surface area contributed by atoms with E-state index in [2.05, 4.69) is 15.6 Å². The van der Waals surface area contributed by atoms with Gasteiger partial charge in [-0.05, 0) is 45.2 Å². The molecule has 7 nitrogen and oxygen atoms in total. The van der Waals surface area contributed by atoms with E-state index in [1.807, 2.05) is 0 Å². The minimum Gasteiger partial charge on any atom is -0.476 e. The van der Waals surface area contributed by atoms with Gasteiger partial charge < -0.3 is 15.5 Å². The molecule has 1 aromatic heterocycles. The number of aromatic nitrogens is 3. The van der Waals surface area contributed by atoms with Crippen LogP contribution in [0.15, 0.2) is 0 Å². The molecule has 1 aliphatic heterocycles. The summed E-state index contributed by atoms with van der Waals surface area (Å²) in [7, 11) is 0. The van der Waals surface area contributed by atoms with Crippen molar-refractivity contribution in [3.05, 3.63) is 11.4 Å². The predicted octanol–water partition coefficient (Wildman–Crippen LogP) is 0.529. The Morgan fingerprint density at radius 2 is 2.00 bits per heavy atom. The monoisotopic (exact) mass is 280 g/mol. The maximum Gasteiger partial charge on any atom is 0.358 e. The largest absolute Gasteiger partial charge is 0.476 e. The minimum atomic E-state index is -1.03. The molecule has 110 valence electrons. The van der Waals surface area contributed by atoms with E-state index in [1.54, 1.807) is 4.68 Å². The summed E-state index contributed by atoms with van der Waals surface area (Å²) in [4.78, 5) is 11.4. The zero-order chi connectivity index (χ0) is 14.1. The molecule has 0 spiro atoms. The SMILES string of the molecule is O=C(O)c1nnn(C2CCCC2O)c1C1CCNCC1. The van der Waals surface area contributed by atoms with Crippen LogP contribution in [0.25, 0.3) is 0 Å². The summed E-state index contributed by atoms with van der Waals surface area (Å²) >= 11 is 0. The van der Waals surface area contributed by atoms with Crippen molar-refractivity contribution in [2.45, 2.75) is 50.2 Å². The molecule has 3 rings (SSSR count). The predicted molar refractivity (Wildman–Crippen MR) is 70.7 cm³/mol. The minimum absolute atomic E-state index is 0.0519. The molecule has 7 heteroatoms. The van der Waals surface area contributed by atoms with E-state index in [4.69, 9.17) is 0 Å². The van der Waals surface area contributed by atoms with Crippen LogP contribution in [0.1, 0.15) is 60.2 Å². The molecule has 20 heavy (non-hydrogen) atoms.